The highest BCUT2D eigenvalue weighted by atomic mass is 35.5. The van der Waals surface area contributed by atoms with Gasteiger partial charge in [-0.1, -0.05) is 53.5 Å². The van der Waals surface area contributed by atoms with E-state index in [4.69, 9.17) is 27.9 Å². The molecule has 0 radical (unpaired) electrons. The largest absolute Gasteiger partial charge is 0.455 e. The summed E-state index contributed by atoms with van der Waals surface area (Å²) in [6, 6.07) is 27.4. The minimum absolute atomic E-state index is 0.129. The standard InChI is InChI=1S/C27H22Cl2N2O4S/c1-36(33,34)31(18-19-7-11-21(28)12-8-19)23-14-9-20(10-15-23)27(32)30-25-17-22(29)13-16-26(25)35-24-5-3-2-4-6-24/h2-17H,18H2,1H3,(H,30,32). The number of rotatable bonds is 8. The number of nitrogens with one attached hydrogen (secondary N) is 1. The van der Waals surface area contributed by atoms with E-state index >= 15 is 0 Å². The van der Waals surface area contributed by atoms with Crippen molar-refractivity contribution in [2.45, 2.75) is 6.54 Å². The maximum atomic E-state index is 13.0. The predicted molar refractivity (Wildman–Crippen MR) is 145 cm³/mol. The highest BCUT2D eigenvalue weighted by Gasteiger charge is 2.19. The van der Waals surface area contributed by atoms with E-state index in [9.17, 15) is 13.2 Å². The lowest BCUT2D eigenvalue weighted by Crippen LogP contribution is -2.29. The van der Waals surface area contributed by atoms with Crippen molar-refractivity contribution in [1.82, 2.24) is 0 Å². The first-order valence-corrected chi connectivity index (χ1v) is 13.5. The molecule has 0 spiro atoms. The van der Waals surface area contributed by atoms with E-state index < -0.39 is 15.9 Å². The van der Waals surface area contributed by atoms with E-state index in [0.29, 0.717) is 38.5 Å². The van der Waals surface area contributed by atoms with Crippen molar-refractivity contribution in [2.75, 3.05) is 15.9 Å². The number of amides is 1. The van der Waals surface area contributed by atoms with E-state index in [1.807, 2.05) is 18.2 Å². The van der Waals surface area contributed by atoms with Crippen LogP contribution in [0.4, 0.5) is 11.4 Å². The van der Waals surface area contributed by atoms with Gasteiger partial charge in [-0.25, -0.2) is 8.42 Å². The van der Waals surface area contributed by atoms with Crippen LogP contribution in [-0.2, 0) is 16.6 Å². The van der Waals surface area contributed by atoms with Crippen LogP contribution in [0.15, 0.2) is 97.1 Å². The second-order valence-electron chi connectivity index (χ2n) is 7.95. The fourth-order valence-corrected chi connectivity index (χ4v) is 4.62. The SMILES string of the molecule is CS(=O)(=O)N(Cc1ccc(Cl)cc1)c1ccc(C(=O)Nc2cc(Cl)ccc2Oc2ccccc2)cc1. The van der Waals surface area contributed by atoms with Gasteiger partial charge in [0.05, 0.1) is 24.2 Å². The molecule has 0 heterocycles. The maximum absolute atomic E-state index is 13.0. The number of carbonyl (C=O) groups is 1. The maximum Gasteiger partial charge on any atom is 0.255 e. The average Bonchev–Trinajstić information content (AvgIpc) is 2.85. The van der Waals surface area contributed by atoms with E-state index in [-0.39, 0.29) is 6.54 Å². The van der Waals surface area contributed by atoms with Gasteiger partial charge in [0.25, 0.3) is 5.91 Å². The van der Waals surface area contributed by atoms with Gasteiger partial charge in [0.2, 0.25) is 10.0 Å². The van der Waals surface area contributed by atoms with Crippen molar-refractivity contribution in [2.24, 2.45) is 0 Å². The number of hydrogen-bond acceptors (Lipinski definition) is 4. The first-order valence-electron chi connectivity index (χ1n) is 10.8. The van der Waals surface area contributed by atoms with Crippen LogP contribution in [0.25, 0.3) is 0 Å². The summed E-state index contributed by atoms with van der Waals surface area (Å²) in [4.78, 5) is 13.0. The van der Waals surface area contributed by atoms with Gasteiger partial charge in [0.1, 0.15) is 5.75 Å². The molecule has 4 aromatic rings. The second-order valence-corrected chi connectivity index (χ2v) is 10.7. The molecule has 0 saturated heterocycles. The van der Waals surface area contributed by atoms with Crippen LogP contribution in [0.3, 0.4) is 0 Å². The van der Waals surface area contributed by atoms with Crippen LogP contribution in [0.5, 0.6) is 11.5 Å². The zero-order chi connectivity index (χ0) is 25.7. The summed E-state index contributed by atoms with van der Waals surface area (Å²) in [5.74, 6) is 0.647. The Kier molecular flexibility index (Phi) is 7.84. The third-order valence-electron chi connectivity index (χ3n) is 5.22. The molecule has 0 fully saturated rings. The van der Waals surface area contributed by atoms with Crippen molar-refractivity contribution in [3.63, 3.8) is 0 Å². The molecule has 0 atom stereocenters. The molecule has 184 valence electrons. The molecule has 6 nitrogen and oxygen atoms in total. The molecule has 9 heteroatoms. The highest BCUT2D eigenvalue weighted by Crippen LogP contribution is 2.32. The van der Waals surface area contributed by atoms with Crippen LogP contribution in [0, 0.1) is 0 Å². The number of para-hydroxylation sites is 1. The Labute approximate surface area is 220 Å². The van der Waals surface area contributed by atoms with Crippen LogP contribution < -0.4 is 14.4 Å². The number of sulfonamides is 1. The van der Waals surface area contributed by atoms with Gasteiger partial charge in [-0.05, 0) is 72.3 Å². The molecule has 1 amide bonds. The molecule has 36 heavy (non-hydrogen) atoms. The first kappa shape index (κ1) is 25.6. The van der Waals surface area contributed by atoms with Gasteiger partial charge in [-0.3, -0.25) is 9.10 Å². The fraction of sp³-hybridized carbons (Fsp3) is 0.0741. The van der Waals surface area contributed by atoms with Gasteiger partial charge in [0.15, 0.2) is 5.75 Å². The summed E-state index contributed by atoms with van der Waals surface area (Å²) in [5.41, 5.74) is 1.95. The quantitative estimate of drug-likeness (QED) is 0.261. The molecule has 4 rings (SSSR count). The Morgan fingerprint density at radius 3 is 2.14 bits per heavy atom. The highest BCUT2D eigenvalue weighted by molar-refractivity contribution is 7.92. The van der Waals surface area contributed by atoms with E-state index in [1.165, 1.54) is 4.31 Å². The van der Waals surface area contributed by atoms with Crippen molar-refractivity contribution >= 4 is 50.5 Å². The molecule has 0 aliphatic rings. The molecule has 0 aliphatic heterocycles. The predicted octanol–water partition coefficient (Wildman–Crippen LogP) is 7.00. The zero-order valence-corrected chi connectivity index (χ0v) is 21.5. The lowest BCUT2D eigenvalue weighted by molar-refractivity contribution is 0.102. The Balaban J connectivity index is 1.53. The summed E-state index contributed by atoms with van der Waals surface area (Å²) >= 11 is 12.1. The van der Waals surface area contributed by atoms with Gasteiger partial charge >= 0.3 is 0 Å². The third-order valence-corrected chi connectivity index (χ3v) is 6.85. The average molecular weight is 541 g/mol. The van der Waals surface area contributed by atoms with Gasteiger partial charge in [0, 0.05) is 15.6 Å². The number of halogens is 2. The van der Waals surface area contributed by atoms with E-state index in [1.54, 1.807) is 78.9 Å². The number of carbonyl (C=O) groups excluding carboxylic acids is 1. The van der Waals surface area contributed by atoms with E-state index in [0.717, 1.165) is 11.8 Å². The number of ether oxygens (including phenoxy) is 1. The minimum Gasteiger partial charge on any atom is -0.455 e. The molecule has 0 saturated carbocycles. The normalized spacial score (nSPS) is 11.1. The molecule has 0 aliphatic carbocycles. The minimum atomic E-state index is -3.58. The van der Waals surface area contributed by atoms with Crippen molar-refractivity contribution in [3.05, 3.63) is 118 Å². The smallest absolute Gasteiger partial charge is 0.255 e. The summed E-state index contributed by atoms with van der Waals surface area (Å²) in [6.45, 7) is 0.129. The first-order chi connectivity index (χ1) is 17.2. The molecule has 0 unspecified atom stereocenters. The second kappa shape index (κ2) is 11.0. The summed E-state index contributed by atoms with van der Waals surface area (Å²) in [7, 11) is -3.58. The Morgan fingerprint density at radius 2 is 1.50 bits per heavy atom. The lowest BCUT2D eigenvalue weighted by Gasteiger charge is -2.23. The van der Waals surface area contributed by atoms with Crippen molar-refractivity contribution in [3.8, 4) is 11.5 Å². The van der Waals surface area contributed by atoms with Crippen LogP contribution >= 0.6 is 23.2 Å². The van der Waals surface area contributed by atoms with Crippen LogP contribution in [0.1, 0.15) is 15.9 Å². The summed E-state index contributed by atoms with van der Waals surface area (Å²) < 4.78 is 32.1. The molecule has 0 aromatic heterocycles. The molecular weight excluding hydrogens is 519 g/mol. The fourth-order valence-electron chi connectivity index (χ4n) is 3.43. The summed E-state index contributed by atoms with van der Waals surface area (Å²) in [5, 5.41) is 3.82. The molecule has 4 aromatic carbocycles. The monoisotopic (exact) mass is 540 g/mol. The van der Waals surface area contributed by atoms with Gasteiger partial charge in [-0.2, -0.15) is 0 Å². The van der Waals surface area contributed by atoms with Crippen LogP contribution in [-0.4, -0.2) is 20.6 Å². The molecular formula is C27H22Cl2N2O4S. The van der Waals surface area contributed by atoms with Crippen LogP contribution in [0.2, 0.25) is 10.0 Å². The van der Waals surface area contributed by atoms with Crippen molar-refractivity contribution in [1.29, 1.82) is 0 Å². The Morgan fingerprint density at radius 1 is 0.861 bits per heavy atom. The Hall–Kier alpha value is -3.52. The van der Waals surface area contributed by atoms with Crippen molar-refractivity contribution < 1.29 is 17.9 Å². The molecule has 0 bridgehead atoms. The van der Waals surface area contributed by atoms with Gasteiger partial charge < -0.3 is 10.1 Å². The number of nitrogens with zero attached hydrogens (tertiary/aromatic N) is 1. The third kappa shape index (κ3) is 6.57. The zero-order valence-electron chi connectivity index (χ0n) is 19.2. The Bertz CT molecular complexity index is 1460. The number of hydrogen-bond donors (Lipinski definition) is 1. The summed E-state index contributed by atoms with van der Waals surface area (Å²) in [6.07, 6.45) is 1.14. The van der Waals surface area contributed by atoms with Gasteiger partial charge in [-0.15, -0.1) is 0 Å². The lowest BCUT2D eigenvalue weighted by atomic mass is 10.1. The number of anilines is 2. The number of benzene rings is 4. The topological polar surface area (TPSA) is 75.7 Å². The molecule has 1 N–H and O–H groups in total. The van der Waals surface area contributed by atoms with E-state index in [2.05, 4.69) is 5.32 Å².